The minimum Gasteiger partial charge on any atom is -0.352 e. The molecular weight excluding hydrogens is 312 g/mol. The Morgan fingerprint density at radius 3 is 2.40 bits per heavy atom. The van der Waals surface area contributed by atoms with E-state index in [1.807, 2.05) is 24.1 Å². The molecule has 1 aromatic rings. The molecule has 0 saturated heterocycles. The maximum Gasteiger partial charge on any atom is 0.225 e. The van der Waals surface area contributed by atoms with Gasteiger partial charge < -0.3 is 10.2 Å². The molecule has 1 aromatic carbocycles. The lowest BCUT2D eigenvalue weighted by Gasteiger charge is -2.30. The van der Waals surface area contributed by atoms with Crippen molar-refractivity contribution in [1.82, 2.24) is 10.2 Å². The van der Waals surface area contributed by atoms with Gasteiger partial charge in [-0.05, 0) is 50.2 Å². The van der Waals surface area contributed by atoms with Crippen LogP contribution < -0.4 is 5.32 Å². The Hall–Kier alpha value is -1.84. The van der Waals surface area contributed by atoms with Crippen molar-refractivity contribution in [3.8, 4) is 0 Å². The number of amides is 2. The van der Waals surface area contributed by atoms with Gasteiger partial charge in [0.05, 0.1) is 0 Å². The van der Waals surface area contributed by atoms with Crippen molar-refractivity contribution in [1.29, 1.82) is 0 Å². The van der Waals surface area contributed by atoms with E-state index in [-0.39, 0.29) is 23.7 Å². The highest BCUT2D eigenvalue weighted by atomic mass is 16.2. The van der Waals surface area contributed by atoms with E-state index in [4.69, 9.17) is 0 Å². The Balaban J connectivity index is 1.76. The molecule has 0 radical (unpaired) electrons. The number of aryl methyl sites for hydroxylation is 1. The van der Waals surface area contributed by atoms with Crippen LogP contribution in [0.25, 0.3) is 0 Å². The van der Waals surface area contributed by atoms with Crippen molar-refractivity contribution in [3.05, 3.63) is 35.4 Å². The zero-order valence-corrected chi connectivity index (χ0v) is 15.9. The first kappa shape index (κ1) is 19.5. The highest BCUT2D eigenvalue weighted by Crippen LogP contribution is 2.30. The quantitative estimate of drug-likeness (QED) is 0.820. The molecule has 0 unspecified atom stereocenters. The molecule has 2 amide bonds. The molecule has 1 N–H and O–H groups in total. The molecule has 1 aliphatic carbocycles. The fourth-order valence-electron chi connectivity index (χ4n) is 3.55. The zero-order chi connectivity index (χ0) is 18.2. The molecule has 1 aliphatic rings. The van der Waals surface area contributed by atoms with Crippen LogP contribution in [-0.2, 0) is 16.1 Å². The fraction of sp³-hybridized carbons (Fsp3) is 0.619. The fourth-order valence-corrected chi connectivity index (χ4v) is 3.55. The van der Waals surface area contributed by atoms with E-state index in [0.29, 0.717) is 6.54 Å². The van der Waals surface area contributed by atoms with Crippen molar-refractivity contribution in [3.63, 3.8) is 0 Å². The summed E-state index contributed by atoms with van der Waals surface area (Å²) in [4.78, 5) is 26.7. The summed E-state index contributed by atoms with van der Waals surface area (Å²) in [6, 6.07) is 8.13. The van der Waals surface area contributed by atoms with E-state index in [9.17, 15) is 9.59 Å². The Morgan fingerprint density at radius 1 is 1.12 bits per heavy atom. The largest absolute Gasteiger partial charge is 0.352 e. The van der Waals surface area contributed by atoms with Gasteiger partial charge in [0.1, 0.15) is 0 Å². The third kappa shape index (κ3) is 5.58. The first-order chi connectivity index (χ1) is 12.0. The number of hydrogen-bond donors (Lipinski definition) is 1. The SMILES string of the molecule is CCCCN(C)C(=O)C1CCC(C(=O)NCc2ccccc2C)CC1. The topological polar surface area (TPSA) is 49.4 Å². The maximum absolute atomic E-state index is 12.5. The Kier molecular flexibility index (Phi) is 7.48. The van der Waals surface area contributed by atoms with Gasteiger partial charge in [0.15, 0.2) is 0 Å². The molecule has 4 heteroatoms. The van der Waals surface area contributed by atoms with E-state index >= 15 is 0 Å². The Bertz CT molecular complexity index is 577. The standard InChI is InChI=1S/C21H32N2O2/c1-4-5-14-23(3)21(25)18-12-10-17(11-13-18)20(24)22-15-19-9-7-6-8-16(19)2/h6-9,17-18H,4-5,10-15H2,1-3H3,(H,22,24). The monoisotopic (exact) mass is 344 g/mol. The van der Waals surface area contributed by atoms with Gasteiger partial charge in [-0.2, -0.15) is 0 Å². The van der Waals surface area contributed by atoms with Crippen LogP contribution in [0.3, 0.4) is 0 Å². The number of carbonyl (C=O) groups excluding carboxylic acids is 2. The number of rotatable bonds is 7. The van der Waals surface area contributed by atoms with Crippen molar-refractivity contribution in [2.45, 2.75) is 58.9 Å². The molecule has 0 aliphatic heterocycles. The van der Waals surface area contributed by atoms with Crippen LogP contribution in [0.4, 0.5) is 0 Å². The average molecular weight is 344 g/mol. The van der Waals surface area contributed by atoms with Gasteiger partial charge in [0, 0.05) is 32.0 Å². The van der Waals surface area contributed by atoms with Crippen molar-refractivity contribution in [2.75, 3.05) is 13.6 Å². The van der Waals surface area contributed by atoms with Crippen LogP contribution in [-0.4, -0.2) is 30.3 Å². The third-order valence-electron chi connectivity index (χ3n) is 5.38. The van der Waals surface area contributed by atoms with Crippen LogP contribution in [0.5, 0.6) is 0 Å². The van der Waals surface area contributed by atoms with E-state index in [2.05, 4.69) is 31.3 Å². The second kappa shape index (κ2) is 9.59. The van der Waals surface area contributed by atoms with E-state index < -0.39 is 0 Å². The Morgan fingerprint density at radius 2 is 1.76 bits per heavy atom. The first-order valence-electron chi connectivity index (χ1n) is 9.60. The van der Waals surface area contributed by atoms with Crippen molar-refractivity contribution in [2.24, 2.45) is 11.8 Å². The van der Waals surface area contributed by atoms with E-state index in [1.54, 1.807) is 0 Å². The summed E-state index contributed by atoms with van der Waals surface area (Å²) in [5, 5.41) is 3.07. The van der Waals surface area contributed by atoms with Crippen LogP contribution in [0.1, 0.15) is 56.6 Å². The number of unbranched alkanes of at least 4 members (excludes halogenated alkanes) is 1. The van der Waals surface area contributed by atoms with Gasteiger partial charge in [0.25, 0.3) is 0 Å². The van der Waals surface area contributed by atoms with Crippen LogP contribution in [0.2, 0.25) is 0 Å². The zero-order valence-electron chi connectivity index (χ0n) is 15.9. The summed E-state index contributed by atoms with van der Waals surface area (Å²) in [5.74, 6) is 0.539. The number of hydrogen-bond acceptors (Lipinski definition) is 2. The molecule has 0 heterocycles. The maximum atomic E-state index is 12.5. The van der Waals surface area contributed by atoms with Gasteiger partial charge in [-0.3, -0.25) is 9.59 Å². The molecular formula is C21H32N2O2. The van der Waals surface area contributed by atoms with Crippen LogP contribution in [0.15, 0.2) is 24.3 Å². The van der Waals surface area contributed by atoms with Crippen LogP contribution in [0, 0.1) is 18.8 Å². The third-order valence-corrected chi connectivity index (χ3v) is 5.38. The molecule has 1 fully saturated rings. The summed E-state index contributed by atoms with van der Waals surface area (Å²) in [5.41, 5.74) is 2.37. The molecule has 4 nitrogen and oxygen atoms in total. The molecule has 1 saturated carbocycles. The first-order valence-corrected chi connectivity index (χ1v) is 9.60. The Labute approximate surface area is 152 Å². The molecule has 25 heavy (non-hydrogen) atoms. The number of benzene rings is 1. The number of carbonyl (C=O) groups is 2. The lowest BCUT2D eigenvalue weighted by atomic mass is 9.81. The predicted octanol–water partition coefficient (Wildman–Crippen LogP) is 3.68. The van der Waals surface area contributed by atoms with Crippen LogP contribution >= 0.6 is 0 Å². The molecule has 0 spiro atoms. The summed E-state index contributed by atoms with van der Waals surface area (Å²) in [6.45, 7) is 5.63. The summed E-state index contributed by atoms with van der Waals surface area (Å²) in [7, 11) is 1.90. The van der Waals surface area contributed by atoms with E-state index in [1.165, 1.54) is 5.56 Å². The second-order valence-electron chi connectivity index (χ2n) is 7.31. The number of nitrogens with zero attached hydrogens (tertiary/aromatic N) is 1. The number of nitrogens with one attached hydrogen (secondary N) is 1. The minimum absolute atomic E-state index is 0.0500. The molecule has 0 atom stereocenters. The van der Waals surface area contributed by atoms with Gasteiger partial charge in [-0.25, -0.2) is 0 Å². The van der Waals surface area contributed by atoms with Gasteiger partial charge in [-0.15, -0.1) is 0 Å². The lowest BCUT2D eigenvalue weighted by Crippen LogP contribution is -2.38. The average Bonchev–Trinajstić information content (AvgIpc) is 2.64. The van der Waals surface area contributed by atoms with Gasteiger partial charge in [-0.1, -0.05) is 37.6 Å². The highest BCUT2D eigenvalue weighted by Gasteiger charge is 2.31. The van der Waals surface area contributed by atoms with Crippen molar-refractivity contribution < 1.29 is 9.59 Å². The van der Waals surface area contributed by atoms with Crippen molar-refractivity contribution >= 4 is 11.8 Å². The predicted molar refractivity (Wildman–Crippen MR) is 101 cm³/mol. The summed E-state index contributed by atoms with van der Waals surface area (Å²) < 4.78 is 0. The lowest BCUT2D eigenvalue weighted by molar-refractivity contribution is -0.137. The normalized spacial score (nSPS) is 20.1. The summed E-state index contributed by atoms with van der Waals surface area (Å²) in [6.07, 6.45) is 5.45. The van der Waals surface area contributed by atoms with E-state index in [0.717, 1.165) is 50.6 Å². The molecule has 0 bridgehead atoms. The van der Waals surface area contributed by atoms with Gasteiger partial charge in [0.2, 0.25) is 11.8 Å². The smallest absolute Gasteiger partial charge is 0.225 e. The summed E-state index contributed by atoms with van der Waals surface area (Å²) >= 11 is 0. The highest BCUT2D eigenvalue weighted by molar-refractivity contribution is 5.81. The molecule has 138 valence electrons. The second-order valence-corrected chi connectivity index (χ2v) is 7.31. The molecule has 2 rings (SSSR count). The van der Waals surface area contributed by atoms with Gasteiger partial charge >= 0.3 is 0 Å². The minimum atomic E-state index is 0.0500. The molecule has 0 aromatic heterocycles.